The molecule has 0 fully saturated rings. The molecule has 6 nitrogen and oxygen atoms in total. The average molecular weight is 429 g/mol. The number of nitrogens with one attached hydrogen (secondary N) is 1. The van der Waals surface area contributed by atoms with Gasteiger partial charge in [0.05, 0.1) is 23.4 Å². The highest BCUT2D eigenvalue weighted by Gasteiger charge is 2.19. The molecule has 2 aromatic carbocycles. The molecule has 9 heteroatoms. The zero-order valence-corrected chi connectivity index (χ0v) is 16.9. The zero-order chi connectivity index (χ0) is 21.5. The lowest BCUT2D eigenvalue weighted by atomic mass is 10.1. The van der Waals surface area contributed by atoms with E-state index < -0.39 is 26.6 Å². The molecule has 4 aromatic rings. The molecule has 0 aliphatic heterocycles. The molecule has 0 spiro atoms. The van der Waals surface area contributed by atoms with Crippen molar-refractivity contribution in [2.24, 2.45) is 0 Å². The lowest BCUT2D eigenvalue weighted by Gasteiger charge is -2.13. The quantitative estimate of drug-likeness (QED) is 0.511. The van der Waals surface area contributed by atoms with Crippen LogP contribution in [-0.4, -0.2) is 24.9 Å². The van der Waals surface area contributed by atoms with Crippen molar-refractivity contribution >= 4 is 21.4 Å². The van der Waals surface area contributed by atoms with E-state index >= 15 is 0 Å². The van der Waals surface area contributed by atoms with E-state index in [1.54, 1.807) is 18.2 Å². The normalized spacial score (nSPS) is 11.6. The van der Waals surface area contributed by atoms with Gasteiger partial charge >= 0.3 is 0 Å². The number of hydrogen-bond acceptors (Lipinski definition) is 4. The van der Waals surface area contributed by atoms with Crippen molar-refractivity contribution in [1.29, 1.82) is 0 Å². The molecule has 0 aliphatic carbocycles. The average Bonchev–Trinajstić information content (AvgIpc) is 3.15. The second-order valence-electron chi connectivity index (χ2n) is 6.64. The Kier molecular flexibility index (Phi) is 4.90. The Balaban J connectivity index is 1.75. The number of hydrogen-bond donors (Lipinski definition) is 1. The van der Waals surface area contributed by atoms with Gasteiger partial charge in [0.15, 0.2) is 11.6 Å². The number of halogens is 2. The van der Waals surface area contributed by atoms with Gasteiger partial charge in [-0.1, -0.05) is 6.07 Å². The lowest BCUT2D eigenvalue weighted by Crippen LogP contribution is -2.14. The molecule has 2 aromatic heterocycles. The largest absolute Gasteiger partial charge is 0.495 e. The summed E-state index contributed by atoms with van der Waals surface area (Å²) in [5.41, 5.74) is 3.22. The summed E-state index contributed by atoms with van der Waals surface area (Å²) in [7, 11) is -2.78. The Hall–Kier alpha value is -3.46. The number of sulfonamides is 1. The molecular formula is C21H17F2N3O3S. The van der Waals surface area contributed by atoms with Crippen LogP contribution in [0.2, 0.25) is 0 Å². The fourth-order valence-corrected chi connectivity index (χ4v) is 4.16. The number of rotatable bonds is 5. The van der Waals surface area contributed by atoms with Gasteiger partial charge in [-0.05, 0) is 55.0 Å². The standard InChI is InChI=1S/C21H17F2N3O3S/c1-13-4-3-9-26-12-19(24-21(13)26)14-5-8-20(29-2)18(10-14)25-30(27,28)15-6-7-16(22)17(23)11-15/h3-12,25H,1-2H3. The first-order valence-electron chi connectivity index (χ1n) is 8.89. The predicted molar refractivity (Wildman–Crippen MR) is 109 cm³/mol. The Labute approximate surface area is 171 Å². The van der Waals surface area contributed by atoms with Crippen molar-refractivity contribution in [2.45, 2.75) is 11.8 Å². The third-order valence-electron chi connectivity index (χ3n) is 4.62. The van der Waals surface area contributed by atoms with Crippen LogP contribution in [-0.2, 0) is 10.0 Å². The van der Waals surface area contributed by atoms with Crippen LogP contribution >= 0.6 is 0 Å². The van der Waals surface area contributed by atoms with Crippen molar-refractivity contribution < 1.29 is 21.9 Å². The number of pyridine rings is 1. The first kappa shape index (κ1) is 19.8. The fourth-order valence-electron chi connectivity index (χ4n) is 3.09. The molecule has 154 valence electrons. The number of aryl methyl sites for hydroxylation is 1. The van der Waals surface area contributed by atoms with Gasteiger partial charge in [0.2, 0.25) is 0 Å². The second kappa shape index (κ2) is 7.42. The first-order valence-corrected chi connectivity index (χ1v) is 10.4. The minimum absolute atomic E-state index is 0.147. The van der Waals surface area contributed by atoms with E-state index in [0.29, 0.717) is 17.3 Å². The van der Waals surface area contributed by atoms with Crippen molar-refractivity contribution in [1.82, 2.24) is 9.38 Å². The lowest BCUT2D eigenvalue weighted by molar-refractivity contribution is 0.417. The fraction of sp³-hybridized carbons (Fsp3) is 0.0952. The number of benzene rings is 2. The Bertz CT molecular complexity index is 1370. The van der Waals surface area contributed by atoms with Crippen molar-refractivity contribution in [3.63, 3.8) is 0 Å². The number of anilines is 1. The summed E-state index contributed by atoms with van der Waals surface area (Å²) in [5.74, 6) is -2.11. The molecule has 1 N–H and O–H groups in total. The minimum atomic E-state index is -4.18. The highest BCUT2D eigenvalue weighted by atomic mass is 32.2. The maximum atomic E-state index is 13.5. The van der Waals surface area contributed by atoms with Crippen LogP contribution in [0.3, 0.4) is 0 Å². The van der Waals surface area contributed by atoms with Gasteiger partial charge in [-0.25, -0.2) is 22.2 Å². The number of aromatic nitrogens is 2. The van der Waals surface area contributed by atoms with Crippen LogP contribution in [0.1, 0.15) is 5.56 Å². The van der Waals surface area contributed by atoms with Gasteiger partial charge in [0, 0.05) is 18.0 Å². The number of fused-ring (bicyclic) bond motifs is 1. The molecule has 0 radical (unpaired) electrons. The van der Waals surface area contributed by atoms with Crippen LogP contribution in [0.5, 0.6) is 5.75 Å². The van der Waals surface area contributed by atoms with E-state index in [2.05, 4.69) is 9.71 Å². The Morgan fingerprint density at radius 2 is 1.87 bits per heavy atom. The predicted octanol–water partition coefficient (Wildman–Crippen LogP) is 4.40. The van der Waals surface area contributed by atoms with Crippen molar-refractivity contribution in [3.8, 4) is 17.0 Å². The molecular weight excluding hydrogens is 412 g/mol. The zero-order valence-electron chi connectivity index (χ0n) is 16.1. The molecule has 4 rings (SSSR count). The Morgan fingerprint density at radius 1 is 1.07 bits per heavy atom. The monoisotopic (exact) mass is 429 g/mol. The molecule has 0 atom stereocenters. The van der Waals surface area contributed by atoms with E-state index in [9.17, 15) is 17.2 Å². The van der Waals surface area contributed by atoms with Gasteiger partial charge in [0.25, 0.3) is 10.0 Å². The van der Waals surface area contributed by atoms with Crippen LogP contribution in [0, 0.1) is 18.6 Å². The maximum absolute atomic E-state index is 13.5. The third-order valence-corrected chi connectivity index (χ3v) is 5.98. The van der Waals surface area contributed by atoms with E-state index in [1.807, 2.05) is 35.9 Å². The highest BCUT2D eigenvalue weighted by Crippen LogP contribution is 2.32. The maximum Gasteiger partial charge on any atom is 0.262 e. The molecule has 30 heavy (non-hydrogen) atoms. The van der Waals surface area contributed by atoms with Crippen molar-refractivity contribution in [2.75, 3.05) is 11.8 Å². The minimum Gasteiger partial charge on any atom is -0.495 e. The van der Waals surface area contributed by atoms with Crippen LogP contribution in [0.15, 0.2) is 65.8 Å². The molecule has 0 unspecified atom stereocenters. The second-order valence-corrected chi connectivity index (χ2v) is 8.33. The molecule has 2 heterocycles. The van der Waals surface area contributed by atoms with Gasteiger partial charge in [0.1, 0.15) is 11.4 Å². The molecule has 0 saturated carbocycles. The summed E-state index contributed by atoms with van der Waals surface area (Å²) in [6.45, 7) is 1.95. The van der Waals surface area contributed by atoms with E-state index in [1.165, 1.54) is 7.11 Å². The van der Waals surface area contributed by atoms with E-state index in [-0.39, 0.29) is 11.4 Å². The third kappa shape index (κ3) is 3.59. The number of imidazole rings is 1. The molecule has 0 aliphatic rings. The number of ether oxygens (including phenoxy) is 1. The van der Waals surface area contributed by atoms with E-state index in [4.69, 9.17) is 4.74 Å². The summed E-state index contributed by atoms with van der Waals surface area (Å²) >= 11 is 0. The van der Waals surface area contributed by atoms with Gasteiger partial charge in [-0.3, -0.25) is 4.72 Å². The molecule has 0 bridgehead atoms. The number of nitrogens with zero attached hydrogens (tertiary/aromatic N) is 2. The topological polar surface area (TPSA) is 72.7 Å². The number of methoxy groups -OCH3 is 1. The Morgan fingerprint density at radius 3 is 2.57 bits per heavy atom. The first-order chi connectivity index (χ1) is 14.3. The SMILES string of the molecule is COc1ccc(-c2cn3cccc(C)c3n2)cc1NS(=O)(=O)c1ccc(F)c(F)c1. The smallest absolute Gasteiger partial charge is 0.262 e. The summed E-state index contributed by atoms with van der Waals surface area (Å²) in [5, 5.41) is 0. The van der Waals surface area contributed by atoms with Gasteiger partial charge < -0.3 is 9.14 Å². The van der Waals surface area contributed by atoms with Crippen LogP contribution in [0.25, 0.3) is 16.9 Å². The van der Waals surface area contributed by atoms with Crippen LogP contribution in [0.4, 0.5) is 14.5 Å². The highest BCUT2D eigenvalue weighted by molar-refractivity contribution is 7.92. The summed E-state index contributed by atoms with van der Waals surface area (Å²) in [4.78, 5) is 4.20. The summed E-state index contributed by atoms with van der Waals surface area (Å²) < 4.78 is 61.6. The van der Waals surface area contributed by atoms with Gasteiger partial charge in [-0.2, -0.15) is 0 Å². The summed E-state index contributed by atoms with van der Waals surface area (Å²) in [6, 6.07) is 11.2. The van der Waals surface area contributed by atoms with Crippen LogP contribution < -0.4 is 9.46 Å². The van der Waals surface area contributed by atoms with Crippen molar-refractivity contribution in [3.05, 3.63) is 78.1 Å². The van der Waals surface area contributed by atoms with Gasteiger partial charge in [-0.15, -0.1) is 0 Å². The molecule has 0 saturated heterocycles. The summed E-state index contributed by atoms with van der Waals surface area (Å²) in [6.07, 6.45) is 3.70. The van der Waals surface area contributed by atoms with E-state index in [0.717, 1.165) is 23.3 Å². The molecule has 0 amide bonds.